The molecule has 1 aromatic heterocycles. The lowest BCUT2D eigenvalue weighted by atomic mass is 9.98. The second-order valence-electron chi connectivity index (χ2n) is 7.27. The molecule has 0 aliphatic rings. The van der Waals surface area contributed by atoms with Crippen LogP contribution in [0.1, 0.15) is 33.9 Å². The molecule has 3 rings (SSSR count). The van der Waals surface area contributed by atoms with Crippen LogP contribution in [0.3, 0.4) is 0 Å². The van der Waals surface area contributed by atoms with Crippen LogP contribution in [0.25, 0.3) is 0 Å². The number of ether oxygens (including phenoxy) is 1. The maximum Gasteiger partial charge on any atom is 0.257 e. The molecule has 1 N–H and O–H groups in total. The van der Waals surface area contributed by atoms with E-state index in [0.29, 0.717) is 31.7 Å². The quantitative estimate of drug-likeness (QED) is 0.511. The fourth-order valence-corrected chi connectivity index (χ4v) is 3.38. The maximum atomic E-state index is 12.8. The Kier molecular flexibility index (Phi) is 8.43. The molecule has 2 aromatic carbocycles. The molecule has 0 unspecified atom stereocenters. The normalized spacial score (nSPS) is 11.6. The number of carbonyl (C=O) groups excluding carboxylic acids is 2. The van der Waals surface area contributed by atoms with Crippen molar-refractivity contribution in [2.24, 2.45) is 0 Å². The van der Waals surface area contributed by atoms with Crippen molar-refractivity contribution in [3.05, 3.63) is 95.9 Å². The number of furan rings is 1. The predicted octanol–water partition coefficient (Wildman–Crippen LogP) is 3.86. The number of nitrogens with zero attached hydrogens (tertiary/aromatic N) is 1. The second-order valence-corrected chi connectivity index (χ2v) is 7.27. The molecular weight excluding hydrogens is 392 g/mol. The van der Waals surface area contributed by atoms with Crippen molar-refractivity contribution in [3.8, 4) is 0 Å². The molecule has 0 bridgehead atoms. The van der Waals surface area contributed by atoms with E-state index in [0.717, 1.165) is 11.1 Å². The van der Waals surface area contributed by atoms with Crippen molar-refractivity contribution in [1.82, 2.24) is 10.2 Å². The van der Waals surface area contributed by atoms with Crippen molar-refractivity contribution in [2.45, 2.75) is 18.9 Å². The number of methoxy groups -OCH3 is 1. The van der Waals surface area contributed by atoms with Gasteiger partial charge < -0.3 is 19.4 Å². The monoisotopic (exact) mass is 420 g/mol. The molecule has 1 atom stereocenters. The molecule has 162 valence electrons. The maximum absolute atomic E-state index is 12.8. The highest BCUT2D eigenvalue weighted by Gasteiger charge is 2.20. The first kappa shape index (κ1) is 22.3. The molecule has 3 aromatic rings. The summed E-state index contributed by atoms with van der Waals surface area (Å²) in [6.07, 6.45) is 3.76. The molecule has 1 heterocycles. The summed E-state index contributed by atoms with van der Waals surface area (Å²) in [4.78, 5) is 27.1. The summed E-state index contributed by atoms with van der Waals surface area (Å²) >= 11 is 0. The van der Waals surface area contributed by atoms with E-state index < -0.39 is 0 Å². The third-order valence-electron chi connectivity index (χ3n) is 5.05. The average molecular weight is 421 g/mol. The molecule has 31 heavy (non-hydrogen) atoms. The molecule has 6 nitrogen and oxygen atoms in total. The van der Waals surface area contributed by atoms with E-state index in [9.17, 15) is 9.59 Å². The van der Waals surface area contributed by atoms with E-state index >= 15 is 0 Å². The standard InChI is InChI=1S/C25H28N2O4/c1-30-17-15-27(25(29)22-13-16-31-19-22)14-12-24(28)26-23(21-10-6-3-7-11-21)18-20-8-4-2-5-9-20/h2-11,13,16,19,23H,12,14-15,17-18H2,1H3,(H,26,28)/t23-/m1/s1. The lowest BCUT2D eigenvalue weighted by Crippen LogP contribution is -2.38. The van der Waals surface area contributed by atoms with Gasteiger partial charge in [0.2, 0.25) is 5.91 Å². The molecule has 0 saturated heterocycles. The van der Waals surface area contributed by atoms with E-state index in [-0.39, 0.29) is 24.3 Å². The number of hydrogen-bond acceptors (Lipinski definition) is 4. The summed E-state index contributed by atoms with van der Waals surface area (Å²) in [6.45, 7) is 1.10. The lowest BCUT2D eigenvalue weighted by molar-refractivity contribution is -0.122. The fraction of sp³-hybridized carbons (Fsp3) is 0.280. The Hall–Kier alpha value is -3.38. The highest BCUT2D eigenvalue weighted by Crippen LogP contribution is 2.18. The molecule has 6 heteroatoms. The van der Waals surface area contributed by atoms with Crippen LogP contribution in [0.2, 0.25) is 0 Å². The Bertz CT molecular complexity index is 927. The van der Waals surface area contributed by atoms with Crippen molar-refractivity contribution >= 4 is 11.8 Å². The van der Waals surface area contributed by atoms with E-state index in [2.05, 4.69) is 17.4 Å². The van der Waals surface area contributed by atoms with Gasteiger partial charge in [0.05, 0.1) is 24.5 Å². The Balaban J connectivity index is 1.64. The van der Waals surface area contributed by atoms with Crippen LogP contribution in [-0.4, -0.2) is 43.5 Å². The van der Waals surface area contributed by atoms with Crippen LogP contribution in [0.4, 0.5) is 0 Å². The first-order valence-corrected chi connectivity index (χ1v) is 10.4. The number of nitrogens with one attached hydrogen (secondary N) is 1. The SMILES string of the molecule is COCCN(CCC(=O)N[C@H](Cc1ccccc1)c1ccccc1)C(=O)c1ccoc1. The number of carbonyl (C=O) groups is 2. The van der Waals surface area contributed by atoms with Crippen LogP contribution in [0.15, 0.2) is 83.7 Å². The first-order valence-electron chi connectivity index (χ1n) is 10.4. The van der Waals surface area contributed by atoms with Crippen molar-refractivity contribution in [2.75, 3.05) is 26.8 Å². The van der Waals surface area contributed by atoms with Crippen LogP contribution >= 0.6 is 0 Å². The second kappa shape index (κ2) is 11.7. The molecule has 0 fully saturated rings. The molecule has 0 radical (unpaired) electrons. The molecular formula is C25H28N2O4. The molecule has 0 aliphatic carbocycles. The van der Waals surface area contributed by atoms with Crippen molar-refractivity contribution < 1.29 is 18.7 Å². The van der Waals surface area contributed by atoms with E-state index in [1.165, 1.54) is 12.5 Å². The van der Waals surface area contributed by atoms with Gasteiger partial charge in [-0.05, 0) is 23.6 Å². The molecule has 0 saturated carbocycles. The fourth-order valence-electron chi connectivity index (χ4n) is 3.38. The number of rotatable bonds is 11. The number of amides is 2. The summed E-state index contributed by atoms with van der Waals surface area (Å²) in [6, 6.07) is 21.5. The first-order chi connectivity index (χ1) is 15.2. The summed E-state index contributed by atoms with van der Waals surface area (Å²) in [5.41, 5.74) is 2.65. The molecule has 0 aliphatic heterocycles. The Morgan fingerprint density at radius 2 is 1.71 bits per heavy atom. The zero-order valence-corrected chi connectivity index (χ0v) is 17.7. The summed E-state index contributed by atoms with van der Waals surface area (Å²) in [5.74, 6) is -0.283. The summed E-state index contributed by atoms with van der Waals surface area (Å²) in [7, 11) is 1.58. The topological polar surface area (TPSA) is 71.8 Å². The van der Waals surface area contributed by atoms with Crippen LogP contribution in [-0.2, 0) is 16.0 Å². The Labute approximate surface area is 182 Å². The zero-order valence-electron chi connectivity index (χ0n) is 17.7. The van der Waals surface area contributed by atoms with Gasteiger partial charge in [0.25, 0.3) is 5.91 Å². The zero-order chi connectivity index (χ0) is 21.9. The summed E-state index contributed by atoms with van der Waals surface area (Å²) < 4.78 is 10.1. The third kappa shape index (κ3) is 6.83. The van der Waals surface area contributed by atoms with E-state index in [1.54, 1.807) is 18.1 Å². The van der Waals surface area contributed by atoms with Crippen molar-refractivity contribution in [3.63, 3.8) is 0 Å². The third-order valence-corrected chi connectivity index (χ3v) is 5.05. The minimum absolute atomic E-state index is 0.104. The Morgan fingerprint density at radius 1 is 1.00 bits per heavy atom. The highest BCUT2D eigenvalue weighted by molar-refractivity contribution is 5.94. The van der Waals surface area contributed by atoms with Crippen LogP contribution in [0, 0.1) is 0 Å². The minimum Gasteiger partial charge on any atom is -0.472 e. The highest BCUT2D eigenvalue weighted by atomic mass is 16.5. The van der Waals surface area contributed by atoms with Crippen LogP contribution < -0.4 is 5.32 Å². The van der Waals surface area contributed by atoms with Gasteiger partial charge in [0, 0.05) is 26.6 Å². The van der Waals surface area contributed by atoms with Gasteiger partial charge in [-0.2, -0.15) is 0 Å². The predicted molar refractivity (Wildman–Crippen MR) is 119 cm³/mol. The van der Waals surface area contributed by atoms with Gasteiger partial charge in [-0.3, -0.25) is 9.59 Å². The van der Waals surface area contributed by atoms with Gasteiger partial charge in [0.15, 0.2) is 0 Å². The Morgan fingerprint density at radius 3 is 2.35 bits per heavy atom. The van der Waals surface area contributed by atoms with E-state index in [1.807, 2.05) is 48.5 Å². The van der Waals surface area contributed by atoms with Gasteiger partial charge >= 0.3 is 0 Å². The van der Waals surface area contributed by atoms with Crippen LogP contribution in [0.5, 0.6) is 0 Å². The molecule has 0 spiro atoms. The van der Waals surface area contributed by atoms with E-state index in [4.69, 9.17) is 9.15 Å². The van der Waals surface area contributed by atoms with Gasteiger partial charge in [0.1, 0.15) is 6.26 Å². The van der Waals surface area contributed by atoms with Gasteiger partial charge in [-0.25, -0.2) is 0 Å². The summed E-state index contributed by atoms with van der Waals surface area (Å²) in [5, 5.41) is 3.14. The number of benzene rings is 2. The van der Waals surface area contributed by atoms with Crippen molar-refractivity contribution in [1.29, 1.82) is 0 Å². The largest absolute Gasteiger partial charge is 0.472 e. The average Bonchev–Trinajstić information content (AvgIpc) is 3.35. The van der Waals surface area contributed by atoms with Gasteiger partial charge in [-0.15, -0.1) is 0 Å². The smallest absolute Gasteiger partial charge is 0.257 e. The molecule has 2 amide bonds. The van der Waals surface area contributed by atoms with Gasteiger partial charge in [-0.1, -0.05) is 60.7 Å². The lowest BCUT2D eigenvalue weighted by Gasteiger charge is -2.23. The number of hydrogen-bond donors (Lipinski definition) is 1. The minimum atomic E-state index is -0.178.